The Hall–Kier alpha value is -0.290. The Morgan fingerprint density at radius 2 is 1.65 bits per heavy atom. The molecular weight excluding hydrogens is 368 g/mol. The Morgan fingerprint density at radius 3 is 2.29 bits per heavy atom. The van der Waals surface area contributed by atoms with Crippen molar-refractivity contribution in [3.05, 3.63) is 67.2 Å². The SMILES string of the molecule is NC(c1cccc(I)c1)c1ccc(Cl)c(Cl)c1. The molecule has 0 spiro atoms. The lowest BCUT2D eigenvalue weighted by molar-refractivity contribution is 0.870. The first kappa shape index (κ1) is 13.1. The molecule has 1 unspecified atom stereocenters. The average Bonchev–Trinajstić information content (AvgIpc) is 2.32. The van der Waals surface area contributed by atoms with Crippen molar-refractivity contribution < 1.29 is 0 Å². The summed E-state index contributed by atoms with van der Waals surface area (Å²) in [7, 11) is 0. The van der Waals surface area contributed by atoms with Crippen LogP contribution in [0.2, 0.25) is 10.0 Å². The zero-order valence-corrected chi connectivity index (χ0v) is 12.5. The lowest BCUT2D eigenvalue weighted by Gasteiger charge is -2.13. The van der Waals surface area contributed by atoms with Crippen LogP contribution in [-0.2, 0) is 0 Å². The highest BCUT2D eigenvalue weighted by Crippen LogP contribution is 2.28. The Bertz CT molecular complexity index is 543. The second-order valence-electron chi connectivity index (χ2n) is 3.71. The topological polar surface area (TPSA) is 26.0 Å². The fourth-order valence-corrected chi connectivity index (χ4v) is 2.47. The monoisotopic (exact) mass is 377 g/mol. The van der Waals surface area contributed by atoms with Gasteiger partial charge in [0, 0.05) is 3.57 Å². The normalized spacial score (nSPS) is 12.5. The van der Waals surface area contributed by atoms with Gasteiger partial charge in [-0.25, -0.2) is 0 Å². The van der Waals surface area contributed by atoms with Gasteiger partial charge in [-0.2, -0.15) is 0 Å². The molecule has 0 bridgehead atoms. The quantitative estimate of drug-likeness (QED) is 0.757. The van der Waals surface area contributed by atoms with Crippen LogP contribution in [0.3, 0.4) is 0 Å². The number of benzene rings is 2. The van der Waals surface area contributed by atoms with E-state index < -0.39 is 0 Å². The van der Waals surface area contributed by atoms with Gasteiger partial charge < -0.3 is 5.73 Å². The molecule has 1 atom stereocenters. The molecule has 0 aliphatic carbocycles. The van der Waals surface area contributed by atoms with E-state index in [0.717, 1.165) is 14.7 Å². The number of rotatable bonds is 2. The number of hydrogen-bond donors (Lipinski definition) is 1. The van der Waals surface area contributed by atoms with Gasteiger partial charge in [0.15, 0.2) is 0 Å². The maximum Gasteiger partial charge on any atom is 0.0595 e. The Balaban J connectivity index is 2.36. The van der Waals surface area contributed by atoms with Crippen molar-refractivity contribution in [3.63, 3.8) is 0 Å². The first-order valence-electron chi connectivity index (χ1n) is 5.04. The van der Waals surface area contributed by atoms with Crippen LogP contribution in [0.4, 0.5) is 0 Å². The minimum Gasteiger partial charge on any atom is -0.320 e. The lowest BCUT2D eigenvalue weighted by atomic mass is 10.00. The van der Waals surface area contributed by atoms with Crippen LogP contribution in [0.5, 0.6) is 0 Å². The zero-order valence-electron chi connectivity index (χ0n) is 8.83. The minimum absolute atomic E-state index is 0.181. The zero-order chi connectivity index (χ0) is 12.4. The van der Waals surface area contributed by atoms with Gasteiger partial charge in [-0.05, 0) is 58.0 Å². The van der Waals surface area contributed by atoms with Crippen LogP contribution in [0.1, 0.15) is 17.2 Å². The van der Waals surface area contributed by atoms with E-state index in [-0.39, 0.29) is 6.04 Å². The highest BCUT2D eigenvalue weighted by atomic mass is 127. The van der Waals surface area contributed by atoms with E-state index in [1.54, 1.807) is 6.07 Å². The summed E-state index contributed by atoms with van der Waals surface area (Å²) >= 11 is 14.1. The van der Waals surface area contributed by atoms with E-state index in [4.69, 9.17) is 28.9 Å². The summed E-state index contributed by atoms with van der Waals surface area (Å²) in [5, 5.41) is 1.08. The number of hydrogen-bond acceptors (Lipinski definition) is 1. The molecule has 2 N–H and O–H groups in total. The summed E-state index contributed by atoms with van der Waals surface area (Å²) in [6.07, 6.45) is 0. The van der Waals surface area contributed by atoms with Gasteiger partial charge in [0.05, 0.1) is 16.1 Å². The van der Waals surface area contributed by atoms with Gasteiger partial charge in [0.2, 0.25) is 0 Å². The third-order valence-electron chi connectivity index (χ3n) is 2.51. The third-order valence-corrected chi connectivity index (χ3v) is 3.92. The Labute approximate surface area is 124 Å². The van der Waals surface area contributed by atoms with Crippen LogP contribution in [-0.4, -0.2) is 0 Å². The fourth-order valence-electron chi connectivity index (χ4n) is 1.60. The second kappa shape index (κ2) is 5.57. The summed E-state index contributed by atoms with van der Waals surface area (Å²) in [6, 6.07) is 13.4. The maximum atomic E-state index is 6.20. The molecule has 1 nitrogen and oxygen atoms in total. The van der Waals surface area contributed by atoms with Gasteiger partial charge in [0.25, 0.3) is 0 Å². The van der Waals surface area contributed by atoms with Gasteiger partial charge in [0.1, 0.15) is 0 Å². The molecular formula is C13H10Cl2IN. The van der Waals surface area contributed by atoms with Crippen LogP contribution < -0.4 is 5.73 Å². The standard InChI is InChI=1S/C13H10Cl2IN/c14-11-5-4-9(7-12(11)15)13(17)8-2-1-3-10(16)6-8/h1-7,13H,17H2. The van der Waals surface area contributed by atoms with Gasteiger partial charge in [-0.1, -0.05) is 41.4 Å². The molecule has 2 rings (SSSR count). The van der Waals surface area contributed by atoms with Gasteiger partial charge in [-0.15, -0.1) is 0 Å². The van der Waals surface area contributed by atoms with Gasteiger partial charge >= 0.3 is 0 Å². The molecule has 0 radical (unpaired) electrons. The average molecular weight is 378 g/mol. The summed E-state index contributed by atoms with van der Waals surface area (Å²) in [4.78, 5) is 0. The highest BCUT2D eigenvalue weighted by molar-refractivity contribution is 14.1. The molecule has 17 heavy (non-hydrogen) atoms. The van der Waals surface area contributed by atoms with Crippen molar-refractivity contribution in [3.8, 4) is 0 Å². The van der Waals surface area contributed by atoms with Crippen molar-refractivity contribution in [2.45, 2.75) is 6.04 Å². The first-order chi connectivity index (χ1) is 8.08. The van der Waals surface area contributed by atoms with E-state index >= 15 is 0 Å². The Morgan fingerprint density at radius 1 is 0.941 bits per heavy atom. The predicted octanol–water partition coefficient (Wildman–Crippen LogP) is 4.65. The van der Waals surface area contributed by atoms with Crippen LogP contribution in [0.25, 0.3) is 0 Å². The van der Waals surface area contributed by atoms with E-state index in [0.29, 0.717) is 10.0 Å². The Kier molecular flexibility index (Phi) is 4.31. The van der Waals surface area contributed by atoms with E-state index in [1.807, 2.05) is 30.3 Å². The summed E-state index contributed by atoms with van der Waals surface area (Å²) in [5.74, 6) is 0. The number of halogens is 3. The summed E-state index contributed by atoms with van der Waals surface area (Å²) in [6.45, 7) is 0. The second-order valence-corrected chi connectivity index (χ2v) is 5.77. The summed E-state index contributed by atoms with van der Waals surface area (Å²) in [5.41, 5.74) is 8.22. The smallest absolute Gasteiger partial charge is 0.0595 e. The molecule has 2 aromatic carbocycles. The molecule has 2 aromatic rings. The molecule has 0 amide bonds. The predicted molar refractivity (Wildman–Crippen MR) is 81.7 cm³/mol. The molecule has 0 aliphatic rings. The van der Waals surface area contributed by atoms with Crippen molar-refractivity contribution in [1.29, 1.82) is 0 Å². The van der Waals surface area contributed by atoms with Crippen LogP contribution in [0.15, 0.2) is 42.5 Å². The fraction of sp³-hybridized carbons (Fsp3) is 0.0769. The molecule has 0 saturated carbocycles. The largest absolute Gasteiger partial charge is 0.320 e. The van der Waals surface area contributed by atoms with Crippen LogP contribution in [0, 0.1) is 3.57 Å². The molecule has 88 valence electrons. The molecule has 0 fully saturated rings. The van der Waals surface area contributed by atoms with Crippen molar-refractivity contribution in [1.82, 2.24) is 0 Å². The van der Waals surface area contributed by atoms with E-state index in [1.165, 1.54) is 0 Å². The lowest BCUT2D eigenvalue weighted by Crippen LogP contribution is -2.11. The highest BCUT2D eigenvalue weighted by Gasteiger charge is 2.10. The number of nitrogens with two attached hydrogens (primary N) is 1. The van der Waals surface area contributed by atoms with Crippen molar-refractivity contribution >= 4 is 45.8 Å². The molecule has 0 saturated heterocycles. The van der Waals surface area contributed by atoms with E-state index in [9.17, 15) is 0 Å². The van der Waals surface area contributed by atoms with Crippen molar-refractivity contribution in [2.75, 3.05) is 0 Å². The first-order valence-corrected chi connectivity index (χ1v) is 6.87. The molecule has 0 aromatic heterocycles. The molecule has 4 heteroatoms. The maximum absolute atomic E-state index is 6.20. The van der Waals surface area contributed by atoms with Crippen molar-refractivity contribution in [2.24, 2.45) is 5.73 Å². The molecule has 0 aliphatic heterocycles. The van der Waals surface area contributed by atoms with Crippen LogP contribution >= 0.6 is 45.8 Å². The summed E-state index contributed by atoms with van der Waals surface area (Å²) < 4.78 is 1.16. The molecule has 0 heterocycles. The third kappa shape index (κ3) is 3.13. The van der Waals surface area contributed by atoms with Gasteiger partial charge in [-0.3, -0.25) is 0 Å². The van der Waals surface area contributed by atoms with E-state index in [2.05, 4.69) is 28.7 Å². The minimum atomic E-state index is -0.181.